The van der Waals surface area contributed by atoms with E-state index >= 15 is 0 Å². The van der Waals surface area contributed by atoms with Crippen LogP contribution in [0.15, 0.2) is 36.5 Å². The number of halogens is 1. The van der Waals surface area contributed by atoms with Gasteiger partial charge in [-0.2, -0.15) is 0 Å². The molecule has 1 aromatic heterocycles. The van der Waals surface area contributed by atoms with Gasteiger partial charge < -0.3 is 14.2 Å². The highest BCUT2D eigenvalue weighted by Crippen LogP contribution is 2.31. The molecule has 0 fully saturated rings. The van der Waals surface area contributed by atoms with E-state index in [0.717, 1.165) is 0 Å². The maximum atomic E-state index is 13.1. The monoisotopic (exact) mass is 291 g/mol. The van der Waals surface area contributed by atoms with E-state index in [1.165, 1.54) is 43.6 Å². The summed E-state index contributed by atoms with van der Waals surface area (Å²) in [6.07, 6.45) is 1.35. The summed E-state index contributed by atoms with van der Waals surface area (Å²) in [5.74, 6) is -0.0322. The van der Waals surface area contributed by atoms with E-state index in [1.54, 1.807) is 6.92 Å². The Balaban J connectivity index is 2.15. The Bertz CT molecular complexity index is 628. The summed E-state index contributed by atoms with van der Waals surface area (Å²) >= 11 is 0. The number of rotatable bonds is 5. The van der Waals surface area contributed by atoms with Crippen LogP contribution < -0.4 is 9.47 Å². The lowest BCUT2D eigenvalue weighted by Crippen LogP contribution is -2.05. The fourth-order valence-corrected chi connectivity index (χ4v) is 1.61. The van der Waals surface area contributed by atoms with Crippen LogP contribution in [0, 0.1) is 5.82 Å². The minimum Gasteiger partial charge on any atom is -0.493 e. The number of carbonyl (C=O) groups is 1. The third-order valence-corrected chi connectivity index (χ3v) is 2.59. The second kappa shape index (κ2) is 6.69. The molecule has 6 heteroatoms. The Morgan fingerprint density at radius 2 is 2.05 bits per heavy atom. The van der Waals surface area contributed by atoms with Gasteiger partial charge in [0.15, 0.2) is 11.5 Å². The number of esters is 1. The molecule has 0 aliphatic rings. The lowest BCUT2D eigenvalue weighted by Gasteiger charge is -2.09. The SMILES string of the molecule is CCOC(=O)c1ccc(Oc2ccc(F)cc2OC)nc1. The van der Waals surface area contributed by atoms with Gasteiger partial charge >= 0.3 is 5.97 Å². The second-order valence-corrected chi connectivity index (χ2v) is 4.00. The number of pyridine rings is 1. The van der Waals surface area contributed by atoms with E-state index in [2.05, 4.69) is 4.98 Å². The van der Waals surface area contributed by atoms with E-state index in [1.807, 2.05) is 0 Å². The maximum absolute atomic E-state index is 13.1. The Kier molecular flexibility index (Phi) is 4.71. The Morgan fingerprint density at radius 1 is 1.24 bits per heavy atom. The molecule has 0 atom stereocenters. The van der Waals surface area contributed by atoms with E-state index in [9.17, 15) is 9.18 Å². The van der Waals surface area contributed by atoms with Crippen molar-refractivity contribution in [2.75, 3.05) is 13.7 Å². The summed E-state index contributed by atoms with van der Waals surface area (Å²) in [5.41, 5.74) is 0.329. The number of nitrogens with zero attached hydrogens (tertiary/aromatic N) is 1. The van der Waals surface area contributed by atoms with Gasteiger partial charge in [0.05, 0.1) is 19.3 Å². The highest BCUT2D eigenvalue weighted by molar-refractivity contribution is 5.89. The van der Waals surface area contributed by atoms with Crippen LogP contribution in [0.2, 0.25) is 0 Å². The molecule has 0 radical (unpaired) electrons. The fraction of sp³-hybridized carbons (Fsp3) is 0.200. The first-order chi connectivity index (χ1) is 10.1. The van der Waals surface area contributed by atoms with E-state index in [-0.39, 0.29) is 11.6 Å². The van der Waals surface area contributed by atoms with E-state index in [4.69, 9.17) is 14.2 Å². The molecule has 0 bridgehead atoms. The molecule has 0 aliphatic carbocycles. The molecule has 0 aliphatic heterocycles. The Labute approximate surface area is 121 Å². The zero-order valence-corrected chi connectivity index (χ0v) is 11.6. The molecule has 1 heterocycles. The number of aromatic nitrogens is 1. The van der Waals surface area contributed by atoms with Crippen molar-refractivity contribution in [2.45, 2.75) is 6.92 Å². The molecular weight excluding hydrogens is 277 g/mol. The minimum atomic E-state index is -0.448. The third kappa shape index (κ3) is 3.68. The van der Waals surface area contributed by atoms with Crippen molar-refractivity contribution in [3.05, 3.63) is 47.9 Å². The molecule has 2 aromatic rings. The van der Waals surface area contributed by atoms with Gasteiger partial charge in [-0.15, -0.1) is 0 Å². The minimum absolute atomic E-state index is 0.256. The first-order valence-electron chi connectivity index (χ1n) is 6.28. The highest BCUT2D eigenvalue weighted by Gasteiger charge is 2.10. The number of methoxy groups -OCH3 is 1. The van der Waals surface area contributed by atoms with Gasteiger partial charge in [-0.1, -0.05) is 0 Å². The molecule has 21 heavy (non-hydrogen) atoms. The molecule has 110 valence electrons. The van der Waals surface area contributed by atoms with Crippen LogP contribution in [0.4, 0.5) is 4.39 Å². The maximum Gasteiger partial charge on any atom is 0.339 e. The number of hydrogen-bond acceptors (Lipinski definition) is 5. The number of hydrogen-bond donors (Lipinski definition) is 0. The lowest BCUT2D eigenvalue weighted by atomic mass is 10.3. The second-order valence-electron chi connectivity index (χ2n) is 4.00. The molecule has 0 N–H and O–H groups in total. The van der Waals surface area contributed by atoms with Crippen LogP contribution in [0.25, 0.3) is 0 Å². The molecule has 5 nitrogen and oxygen atoms in total. The molecule has 2 rings (SSSR count). The third-order valence-electron chi connectivity index (χ3n) is 2.59. The van der Waals surface area contributed by atoms with Gasteiger partial charge in [-0.3, -0.25) is 0 Å². The fourth-order valence-electron chi connectivity index (χ4n) is 1.61. The van der Waals surface area contributed by atoms with Gasteiger partial charge in [0, 0.05) is 18.3 Å². The predicted octanol–water partition coefficient (Wildman–Crippen LogP) is 3.20. The summed E-state index contributed by atoms with van der Waals surface area (Å²) in [6, 6.07) is 6.97. The molecule has 0 unspecified atom stereocenters. The molecule has 0 saturated heterocycles. The van der Waals surface area contributed by atoms with Crippen LogP contribution in [-0.4, -0.2) is 24.7 Å². The van der Waals surface area contributed by atoms with Crippen molar-refractivity contribution in [2.24, 2.45) is 0 Å². The van der Waals surface area contributed by atoms with Crippen molar-refractivity contribution < 1.29 is 23.4 Å². The Hall–Kier alpha value is -2.63. The smallest absolute Gasteiger partial charge is 0.339 e. The van der Waals surface area contributed by atoms with Crippen LogP contribution in [0.5, 0.6) is 17.4 Å². The lowest BCUT2D eigenvalue weighted by molar-refractivity contribution is 0.0526. The summed E-state index contributed by atoms with van der Waals surface area (Å²) in [6.45, 7) is 2.02. The van der Waals surface area contributed by atoms with Crippen LogP contribution >= 0.6 is 0 Å². The standard InChI is InChI=1S/C15H14FNO4/c1-3-20-15(18)10-4-7-14(17-9-10)21-12-6-5-11(16)8-13(12)19-2/h4-9H,3H2,1-2H3. The quantitative estimate of drug-likeness (QED) is 0.792. The van der Waals surface area contributed by atoms with Crippen LogP contribution in [0.3, 0.4) is 0 Å². The Morgan fingerprint density at radius 3 is 2.67 bits per heavy atom. The normalized spacial score (nSPS) is 10.0. The molecule has 0 amide bonds. The topological polar surface area (TPSA) is 57.7 Å². The molecule has 0 spiro atoms. The average Bonchev–Trinajstić information content (AvgIpc) is 2.50. The van der Waals surface area contributed by atoms with Gasteiger partial charge in [0.1, 0.15) is 5.82 Å². The summed E-state index contributed by atoms with van der Waals surface area (Å²) < 4.78 is 28.5. The number of benzene rings is 1. The van der Waals surface area contributed by atoms with Crippen LogP contribution in [-0.2, 0) is 4.74 Å². The van der Waals surface area contributed by atoms with Gasteiger partial charge in [-0.05, 0) is 25.1 Å². The molecule has 1 aromatic carbocycles. The van der Waals surface area contributed by atoms with Gasteiger partial charge in [0.2, 0.25) is 5.88 Å². The zero-order valence-electron chi connectivity index (χ0n) is 11.6. The van der Waals surface area contributed by atoms with Crippen molar-refractivity contribution in [1.29, 1.82) is 0 Å². The first-order valence-corrected chi connectivity index (χ1v) is 6.28. The average molecular weight is 291 g/mol. The largest absolute Gasteiger partial charge is 0.493 e. The van der Waals surface area contributed by atoms with Crippen molar-refractivity contribution >= 4 is 5.97 Å². The van der Waals surface area contributed by atoms with Crippen molar-refractivity contribution in [3.63, 3.8) is 0 Å². The number of carbonyl (C=O) groups excluding carboxylic acids is 1. The van der Waals surface area contributed by atoms with Gasteiger partial charge in [0.25, 0.3) is 0 Å². The van der Waals surface area contributed by atoms with E-state index in [0.29, 0.717) is 17.9 Å². The molecule has 0 saturated carbocycles. The number of ether oxygens (including phenoxy) is 3. The zero-order chi connectivity index (χ0) is 15.2. The van der Waals surface area contributed by atoms with Crippen molar-refractivity contribution in [1.82, 2.24) is 4.98 Å². The molecular formula is C15H14FNO4. The van der Waals surface area contributed by atoms with Crippen molar-refractivity contribution in [3.8, 4) is 17.4 Å². The van der Waals surface area contributed by atoms with Gasteiger partial charge in [-0.25, -0.2) is 14.2 Å². The summed E-state index contributed by atoms with van der Waals surface area (Å²) in [5, 5.41) is 0. The van der Waals surface area contributed by atoms with Crippen LogP contribution in [0.1, 0.15) is 17.3 Å². The highest BCUT2D eigenvalue weighted by atomic mass is 19.1. The summed E-state index contributed by atoms with van der Waals surface area (Å²) in [4.78, 5) is 15.5. The summed E-state index contributed by atoms with van der Waals surface area (Å²) in [7, 11) is 1.42. The first kappa shape index (κ1) is 14.8. The van der Waals surface area contributed by atoms with E-state index < -0.39 is 11.8 Å². The predicted molar refractivity (Wildman–Crippen MR) is 73.2 cm³/mol.